The van der Waals surface area contributed by atoms with Crippen LogP contribution in [0.3, 0.4) is 0 Å². The van der Waals surface area contributed by atoms with Gasteiger partial charge in [0.1, 0.15) is 5.76 Å². The standard InChI is InChI=1S/C26H34O4/c1-5-23(27)29-18-9-11-19-17(16-18)8-10-21-20(19)12-14-25(4)22(21)13-15-26(25,7-3)30-24(28)6-2/h3,16,20-22H,5-6,8-15H2,1-2,4H3/t20-,21-,22+,25+,26+/m1/s1. The summed E-state index contributed by atoms with van der Waals surface area (Å²) in [5, 5.41) is 0. The van der Waals surface area contributed by atoms with Gasteiger partial charge in [-0.3, -0.25) is 9.59 Å². The van der Waals surface area contributed by atoms with Crippen molar-refractivity contribution in [2.75, 3.05) is 0 Å². The molecule has 4 aliphatic rings. The molecule has 0 spiro atoms. The summed E-state index contributed by atoms with van der Waals surface area (Å²) in [5.74, 6) is 5.13. The summed E-state index contributed by atoms with van der Waals surface area (Å²) < 4.78 is 11.5. The van der Waals surface area contributed by atoms with E-state index in [1.54, 1.807) is 5.57 Å². The first-order valence-corrected chi connectivity index (χ1v) is 11.7. The van der Waals surface area contributed by atoms with Crippen LogP contribution in [0, 0.1) is 35.5 Å². The Labute approximate surface area is 180 Å². The quantitative estimate of drug-likeness (QED) is 0.455. The van der Waals surface area contributed by atoms with E-state index < -0.39 is 5.60 Å². The molecule has 0 heterocycles. The van der Waals surface area contributed by atoms with E-state index in [-0.39, 0.29) is 17.4 Å². The summed E-state index contributed by atoms with van der Waals surface area (Å²) in [6.07, 6.45) is 16.8. The Morgan fingerprint density at radius 3 is 2.57 bits per heavy atom. The smallest absolute Gasteiger partial charge is 0.310 e. The van der Waals surface area contributed by atoms with E-state index >= 15 is 0 Å². The molecule has 0 aromatic heterocycles. The third-order valence-electron chi connectivity index (χ3n) is 8.48. The van der Waals surface area contributed by atoms with Crippen molar-refractivity contribution in [2.45, 2.75) is 90.6 Å². The van der Waals surface area contributed by atoms with E-state index in [9.17, 15) is 9.59 Å². The summed E-state index contributed by atoms with van der Waals surface area (Å²) >= 11 is 0. The van der Waals surface area contributed by atoms with E-state index in [2.05, 4.69) is 18.9 Å². The zero-order chi connectivity index (χ0) is 21.5. The zero-order valence-electron chi connectivity index (χ0n) is 18.6. The van der Waals surface area contributed by atoms with Crippen molar-refractivity contribution < 1.29 is 19.1 Å². The number of carbonyl (C=O) groups excluding carboxylic acids is 2. The molecule has 30 heavy (non-hydrogen) atoms. The van der Waals surface area contributed by atoms with Gasteiger partial charge in [0, 0.05) is 24.7 Å². The summed E-state index contributed by atoms with van der Waals surface area (Å²) in [6, 6.07) is 0. The highest BCUT2D eigenvalue weighted by molar-refractivity contribution is 5.70. The molecule has 0 saturated heterocycles. The predicted molar refractivity (Wildman–Crippen MR) is 115 cm³/mol. The third kappa shape index (κ3) is 3.22. The van der Waals surface area contributed by atoms with Crippen molar-refractivity contribution >= 4 is 11.9 Å². The van der Waals surface area contributed by atoms with E-state index in [0.29, 0.717) is 30.6 Å². The minimum absolute atomic E-state index is 0.141. The molecule has 4 nitrogen and oxygen atoms in total. The van der Waals surface area contributed by atoms with Crippen LogP contribution in [0.15, 0.2) is 23.0 Å². The molecular weight excluding hydrogens is 376 g/mol. The summed E-state index contributed by atoms with van der Waals surface area (Å²) in [6.45, 7) is 5.93. The molecule has 0 N–H and O–H groups in total. The summed E-state index contributed by atoms with van der Waals surface area (Å²) in [5.41, 5.74) is 2.08. The number of terminal acetylenes is 1. The molecule has 2 saturated carbocycles. The topological polar surface area (TPSA) is 52.6 Å². The van der Waals surface area contributed by atoms with E-state index in [0.717, 1.165) is 57.1 Å². The monoisotopic (exact) mass is 410 g/mol. The molecule has 0 radical (unpaired) electrons. The molecule has 4 aliphatic carbocycles. The first-order valence-electron chi connectivity index (χ1n) is 11.7. The number of rotatable bonds is 4. The van der Waals surface area contributed by atoms with Crippen molar-refractivity contribution in [3.05, 3.63) is 23.0 Å². The molecule has 0 aliphatic heterocycles. The maximum atomic E-state index is 12.2. The number of hydrogen-bond donors (Lipinski definition) is 0. The lowest BCUT2D eigenvalue weighted by molar-refractivity contribution is -0.168. The van der Waals surface area contributed by atoms with Crippen molar-refractivity contribution in [3.63, 3.8) is 0 Å². The average Bonchev–Trinajstić information content (AvgIpc) is 3.05. The lowest BCUT2D eigenvalue weighted by Crippen LogP contribution is -2.52. The van der Waals surface area contributed by atoms with Crippen LogP contribution in [0.2, 0.25) is 0 Å². The summed E-state index contributed by atoms with van der Waals surface area (Å²) in [4.78, 5) is 23.9. The first kappa shape index (κ1) is 21.2. The van der Waals surface area contributed by atoms with Crippen molar-refractivity contribution in [2.24, 2.45) is 23.2 Å². The fraction of sp³-hybridized carbons (Fsp3) is 0.692. The average molecular weight is 411 g/mol. The van der Waals surface area contributed by atoms with E-state index in [1.165, 1.54) is 5.57 Å². The van der Waals surface area contributed by atoms with Crippen LogP contribution in [-0.4, -0.2) is 17.5 Å². The maximum Gasteiger partial charge on any atom is 0.310 e. The fourth-order valence-corrected chi connectivity index (χ4v) is 6.88. The van der Waals surface area contributed by atoms with Crippen LogP contribution < -0.4 is 0 Å². The Morgan fingerprint density at radius 1 is 1.10 bits per heavy atom. The first-order chi connectivity index (χ1) is 14.4. The molecule has 5 atom stereocenters. The van der Waals surface area contributed by atoms with Gasteiger partial charge in [0.05, 0.1) is 0 Å². The highest BCUT2D eigenvalue weighted by Gasteiger charge is 2.63. The molecule has 0 unspecified atom stereocenters. The minimum atomic E-state index is -0.752. The number of carbonyl (C=O) groups is 2. The lowest BCUT2D eigenvalue weighted by Gasteiger charge is -2.53. The van der Waals surface area contributed by atoms with Gasteiger partial charge in [-0.05, 0) is 74.3 Å². The second-order valence-electron chi connectivity index (χ2n) is 9.70. The van der Waals surface area contributed by atoms with E-state index in [1.807, 2.05) is 13.8 Å². The number of allylic oxidation sites excluding steroid dienone is 4. The molecular formula is C26H34O4. The van der Waals surface area contributed by atoms with Crippen molar-refractivity contribution in [1.82, 2.24) is 0 Å². The van der Waals surface area contributed by atoms with E-state index in [4.69, 9.17) is 15.9 Å². The predicted octanol–water partition coefficient (Wildman–Crippen LogP) is 5.48. The Kier molecular flexibility index (Phi) is 5.60. The zero-order valence-corrected chi connectivity index (χ0v) is 18.6. The van der Waals surface area contributed by atoms with Gasteiger partial charge in [-0.1, -0.05) is 32.3 Å². The molecule has 0 aromatic rings. The second kappa shape index (κ2) is 7.91. The Morgan fingerprint density at radius 2 is 1.87 bits per heavy atom. The van der Waals surface area contributed by atoms with Gasteiger partial charge in [0.15, 0.2) is 5.60 Å². The van der Waals surface area contributed by atoms with Crippen LogP contribution in [0.5, 0.6) is 0 Å². The molecule has 0 aromatic carbocycles. The van der Waals surface area contributed by atoms with Crippen LogP contribution in [0.25, 0.3) is 0 Å². The van der Waals surface area contributed by atoms with Gasteiger partial charge in [0.2, 0.25) is 0 Å². The largest absolute Gasteiger partial charge is 0.445 e. The molecule has 4 rings (SSSR count). The second-order valence-corrected chi connectivity index (χ2v) is 9.70. The van der Waals surface area contributed by atoms with Gasteiger partial charge < -0.3 is 9.47 Å². The van der Waals surface area contributed by atoms with Gasteiger partial charge >= 0.3 is 11.9 Å². The Balaban J connectivity index is 1.58. The minimum Gasteiger partial charge on any atom is -0.445 e. The van der Waals surface area contributed by atoms with Crippen LogP contribution in [0.1, 0.15) is 85.0 Å². The molecule has 4 heteroatoms. The summed E-state index contributed by atoms with van der Waals surface area (Å²) in [7, 11) is 0. The highest BCUT2D eigenvalue weighted by Crippen LogP contribution is 2.65. The third-order valence-corrected chi connectivity index (χ3v) is 8.48. The number of hydrogen-bond acceptors (Lipinski definition) is 4. The lowest BCUT2D eigenvalue weighted by atomic mass is 9.52. The SMILES string of the molecule is C#C[C@]1(OC(=O)CC)CC[C@H]2[C@@H]3CCC4=C(CCC(OC(=O)CC)=C4)[C@H]3CC[C@@]21C. The van der Waals surface area contributed by atoms with Crippen LogP contribution in [0.4, 0.5) is 0 Å². The molecule has 162 valence electrons. The van der Waals surface area contributed by atoms with Crippen LogP contribution >= 0.6 is 0 Å². The highest BCUT2D eigenvalue weighted by atomic mass is 16.6. The number of fused-ring (bicyclic) bond motifs is 4. The van der Waals surface area contributed by atoms with Gasteiger partial charge in [-0.2, -0.15) is 0 Å². The fourth-order valence-electron chi connectivity index (χ4n) is 6.88. The van der Waals surface area contributed by atoms with Gasteiger partial charge in [-0.15, -0.1) is 6.42 Å². The van der Waals surface area contributed by atoms with Crippen molar-refractivity contribution in [1.29, 1.82) is 0 Å². The number of ether oxygens (including phenoxy) is 2. The number of esters is 2. The van der Waals surface area contributed by atoms with Gasteiger partial charge in [-0.25, -0.2) is 0 Å². The maximum absolute atomic E-state index is 12.2. The Hall–Kier alpha value is -2.02. The van der Waals surface area contributed by atoms with Crippen molar-refractivity contribution in [3.8, 4) is 12.3 Å². The Bertz CT molecular complexity index is 844. The molecule has 0 amide bonds. The molecule has 0 bridgehead atoms. The van der Waals surface area contributed by atoms with Crippen LogP contribution in [-0.2, 0) is 19.1 Å². The molecule has 2 fully saturated rings. The normalized spacial score (nSPS) is 37.3. The van der Waals surface area contributed by atoms with Gasteiger partial charge in [0.25, 0.3) is 0 Å².